The standard InChI is InChI=1S/C9H4BrIOS2/c10-7-3-5(4-12)9(14-7)6-1-2-8(11)13-6/h1-4H. The second-order valence-electron chi connectivity index (χ2n) is 2.56. The monoisotopic (exact) mass is 398 g/mol. The summed E-state index contributed by atoms with van der Waals surface area (Å²) in [5.74, 6) is 0. The molecule has 0 radical (unpaired) electrons. The summed E-state index contributed by atoms with van der Waals surface area (Å²) in [5.41, 5.74) is 0.764. The maximum Gasteiger partial charge on any atom is 0.151 e. The summed E-state index contributed by atoms with van der Waals surface area (Å²) in [4.78, 5) is 13.0. The smallest absolute Gasteiger partial charge is 0.151 e. The topological polar surface area (TPSA) is 17.1 Å². The molecule has 0 aliphatic rings. The lowest BCUT2D eigenvalue weighted by molar-refractivity contribution is 0.112. The third-order valence-corrected chi connectivity index (χ3v) is 5.38. The van der Waals surface area contributed by atoms with Crippen LogP contribution in [0.4, 0.5) is 0 Å². The predicted octanol–water partition coefficient (Wildman–Crippen LogP) is 4.66. The molecule has 2 heterocycles. The Hall–Kier alpha value is 0.280. The van der Waals surface area contributed by atoms with Crippen LogP contribution in [0.25, 0.3) is 9.75 Å². The van der Waals surface area contributed by atoms with E-state index >= 15 is 0 Å². The van der Waals surface area contributed by atoms with Gasteiger partial charge in [0.05, 0.1) is 11.5 Å². The zero-order chi connectivity index (χ0) is 10.1. The van der Waals surface area contributed by atoms with E-state index in [2.05, 4.69) is 50.7 Å². The molecule has 0 amide bonds. The molecule has 1 nitrogen and oxygen atoms in total. The van der Waals surface area contributed by atoms with Crippen molar-refractivity contribution in [2.24, 2.45) is 0 Å². The van der Waals surface area contributed by atoms with Crippen LogP contribution in [0.3, 0.4) is 0 Å². The van der Waals surface area contributed by atoms with Crippen molar-refractivity contribution in [2.45, 2.75) is 0 Å². The molecule has 0 unspecified atom stereocenters. The van der Waals surface area contributed by atoms with Crippen molar-refractivity contribution in [1.82, 2.24) is 0 Å². The van der Waals surface area contributed by atoms with Gasteiger partial charge in [-0.3, -0.25) is 4.79 Å². The molecule has 0 N–H and O–H groups in total. The van der Waals surface area contributed by atoms with E-state index in [4.69, 9.17) is 0 Å². The average molecular weight is 399 g/mol. The van der Waals surface area contributed by atoms with Gasteiger partial charge in [0.25, 0.3) is 0 Å². The Labute approximate surface area is 111 Å². The first-order valence-electron chi connectivity index (χ1n) is 3.71. The Morgan fingerprint density at radius 2 is 2.14 bits per heavy atom. The molecule has 0 aromatic carbocycles. The molecule has 0 fully saturated rings. The molecule has 0 spiro atoms. The minimum atomic E-state index is 0.764. The van der Waals surface area contributed by atoms with Crippen molar-refractivity contribution >= 4 is 67.5 Å². The lowest BCUT2D eigenvalue weighted by atomic mass is 10.2. The maximum atomic E-state index is 10.8. The van der Waals surface area contributed by atoms with Crippen molar-refractivity contribution in [3.05, 3.63) is 30.4 Å². The average Bonchev–Trinajstić information content (AvgIpc) is 2.71. The van der Waals surface area contributed by atoms with Crippen LogP contribution in [0.5, 0.6) is 0 Å². The van der Waals surface area contributed by atoms with Crippen LogP contribution in [0.1, 0.15) is 10.4 Å². The van der Waals surface area contributed by atoms with Crippen molar-refractivity contribution in [1.29, 1.82) is 0 Å². The first-order chi connectivity index (χ1) is 6.70. The molecule has 14 heavy (non-hydrogen) atoms. The van der Waals surface area contributed by atoms with Crippen LogP contribution in [-0.4, -0.2) is 6.29 Å². The third kappa shape index (κ3) is 2.10. The third-order valence-electron chi connectivity index (χ3n) is 1.65. The highest BCUT2D eigenvalue weighted by molar-refractivity contribution is 14.1. The van der Waals surface area contributed by atoms with Gasteiger partial charge in [0, 0.05) is 10.4 Å². The molecule has 2 aromatic rings. The summed E-state index contributed by atoms with van der Waals surface area (Å²) in [7, 11) is 0. The van der Waals surface area contributed by atoms with E-state index in [9.17, 15) is 4.79 Å². The fraction of sp³-hybridized carbons (Fsp3) is 0. The van der Waals surface area contributed by atoms with E-state index in [1.165, 1.54) is 2.88 Å². The van der Waals surface area contributed by atoms with Gasteiger partial charge >= 0.3 is 0 Å². The Morgan fingerprint density at radius 3 is 2.71 bits per heavy atom. The molecule has 0 atom stereocenters. The quantitative estimate of drug-likeness (QED) is 0.531. The summed E-state index contributed by atoms with van der Waals surface area (Å²) >= 11 is 8.97. The van der Waals surface area contributed by atoms with Gasteiger partial charge < -0.3 is 0 Å². The summed E-state index contributed by atoms with van der Waals surface area (Å²) in [6.07, 6.45) is 0.906. The van der Waals surface area contributed by atoms with Crippen LogP contribution >= 0.6 is 61.2 Å². The van der Waals surface area contributed by atoms with Gasteiger partial charge in [0.2, 0.25) is 0 Å². The van der Waals surface area contributed by atoms with E-state index in [-0.39, 0.29) is 0 Å². The van der Waals surface area contributed by atoms with Crippen molar-refractivity contribution < 1.29 is 4.79 Å². The van der Waals surface area contributed by atoms with Gasteiger partial charge in [-0.25, -0.2) is 0 Å². The summed E-state index contributed by atoms with van der Waals surface area (Å²) in [5, 5.41) is 0. The second kappa shape index (κ2) is 4.42. The Morgan fingerprint density at radius 1 is 1.36 bits per heavy atom. The normalized spacial score (nSPS) is 10.4. The molecule has 0 saturated carbocycles. The van der Waals surface area contributed by atoms with E-state index in [1.807, 2.05) is 6.07 Å². The van der Waals surface area contributed by atoms with Crippen LogP contribution < -0.4 is 0 Å². The number of aldehydes is 1. The molecular weight excluding hydrogens is 395 g/mol. The van der Waals surface area contributed by atoms with Crippen LogP contribution in [0.2, 0.25) is 0 Å². The SMILES string of the molecule is O=Cc1cc(Br)sc1-c1ccc(I)s1. The molecule has 2 rings (SSSR count). The predicted molar refractivity (Wildman–Crippen MR) is 73.4 cm³/mol. The zero-order valence-electron chi connectivity index (χ0n) is 6.79. The zero-order valence-corrected chi connectivity index (χ0v) is 12.2. The van der Waals surface area contributed by atoms with Gasteiger partial charge in [-0.15, -0.1) is 22.7 Å². The van der Waals surface area contributed by atoms with Gasteiger partial charge in [0.15, 0.2) is 6.29 Å². The highest BCUT2D eigenvalue weighted by atomic mass is 127. The minimum Gasteiger partial charge on any atom is -0.298 e. The Kier molecular flexibility index (Phi) is 3.41. The number of hydrogen-bond acceptors (Lipinski definition) is 3. The fourth-order valence-electron chi connectivity index (χ4n) is 1.09. The molecule has 72 valence electrons. The molecule has 5 heteroatoms. The summed E-state index contributed by atoms with van der Waals surface area (Å²) < 4.78 is 2.23. The highest BCUT2D eigenvalue weighted by Crippen LogP contribution is 2.38. The van der Waals surface area contributed by atoms with Crippen molar-refractivity contribution in [2.75, 3.05) is 0 Å². The number of thiophene rings is 2. The molecular formula is C9H4BrIOS2. The van der Waals surface area contributed by atoms with Gasteiger partial charge in [0.1, 0.15) is 0 Å². The Balaban J connectivity index is 2.55. The van der Waals surface area contributed by atoms with E-state index < -0.39 is 0 Å². The number of hydrogen-bond donors (Lipinski definition) is 0. The summed E-state index contributed by atoms with van der Waals surface area (Å²) in [6.45, 7) is 0. The maximum absolute atomic E-state index is 10.8. The Bertz CT molecular complexity index is 475. The van der Waals surface area contributed by atoms with Gasteiger partial charge in [-0.1, -0.05) is 0 Å². The molecule has 0 aliphatic carbocycles. The van der Waals surface area contributed by atoms with Crippen LogP contribution in [0.15, 0.2) is 22.0 Å². The van der Waals surface area contributed by atoms with Crippen molar-refractivity contribution in [3.8, 4) is 9.75 Å². The minimum absolute atomic E-state index is 0.764. The van der Waals surface area contributed by atoms with Crippen LogP contribution in [0, 0.1) is 2.88 Å². The largest absolute Gasteiger partial charge is 0.298 e. The lowest BCUT2D eigenvalue weighted by Gasteiger charge is -1.91. The lowest BCUT2D eigenvalue weighted by Crippen LogP contribution is -1.75. The molecule has 0 aliphatic heterocycles. The fourth-order valence-corrected chi connectivity index (χ4v) is 4.43. The highest BCUT2D eigenvalue weighted by Gasteiger charge is 2.10. The first kappa shape index (κ1) is 10.8. The number of carbonyl (C=O) groups is 1. The van der Waals surface area contributed by atoms with Crippen molar-refractivity contribution in [3.63, 3.8) is 0 Å². The van der Waals surface area contributed by atoms with E-state index in [0.29, 0.717) is 0 Å². The second-order valence-corrected chi connectivity index (χ2v) is 7.97. The number of rotatable bonds is 2. The molecule has 0 bridgehead atoms. The first-order valence-corrected chi connectivity index (χ1v) is 7.21. The van der Waals surface area contributed by atoms with Gasteiger partial charge in [-0.2, -0.15) is 0 Å². The number of halogens is 2. The van der Waals surface area contributed by atoms with Gasteiger partial charge in [-0.05, 0) is 56.7 Å². The molecule has 0 saturated heterocycles. The number of carbonyl (C=O) groups excluding carboxylic acids is 1. The van der Waals surface area contributed by atoms with E-state index in [1.54, 1.807) is 22.7 Å². The van der Waals surface area contributed by atoms with E-state index in [0.717, 1.165) is 25.4 Å². The summed E-state index contributed by atoms with van der Waals surface area (Å²) in [6, 6.07) is 5.97. The molecule has 2 aromatic heterocycles. The van der Waals surface area contributed by atoms with Crippen LogP contribution in [-0.2, 0) is 0 Å².